The first-order chi connectivity index (χ1) is 6.77. The fourth-order valence-corrected chi connectivity index (χ4v) is 1.49. The molecule has 1 aliphatic carbocycles. The van der Waals surface area contributed by atoms with Gasteiger partial charge in [0, 0.05) is 12.4 Å². The molecule has 5 heteroatoms. The zero-order valence-corrected chi connectivity index (χ0v) is 7.90. The molecule has 2 aliphatic rings. The molecule has 0 fully saturated rings. The number of nitrogens with zero attached hydrogens (tertiary/aromatic N) is 2. The largest absolute Gasteiger partial charge is 0.255 e. The zero-order valence-electron chi connectivity index (χ0n) is 7.08. The van der Waals surface area contributed by atoms with Gasteiger partial charge < -0.3 is 0 Å². The molecule has 0 saturated heterocycles. The quantitative estimate of drug-likeness (QED) is 0.603. The summed E-state index contributed by atoms with van der Waals surface area (Å²) < 4.78 is 21.6. The van der Waals surface area contributed by atoms with E-state index in [1.54, 1.807) is 24.5 Å². The van der Waals surface area contributed by atoms with Crippen molar-refractivity contribution in [3.8, 4) is 11.4 Å². The van der Waals surface area contributed by atoms with E-state index in [4.69, 9.17) is 0 Å². The molecule has 0 bridgehead atoms. The second kappa shape index (κ2) is 3.55. The van der Waals surface area contributed by atoms with Gasteiger partial charge in [-0.15, -0.1) is 0 Å². The monoisotopic (exact) mass is 206 g/mol. The standard InChI is InChI=1S/C9H6N2O2S/c12-14(13)7-2-3-8-9(6-7)11-5-1-4-10-8/h1-6H. The number of hydrogen-bond acceptors (Lipinski definition) is 4. The first-order valence-electron chi connectivity index (χ1n) is 3.91. The van der Waals surface area contributed by atoms with E-state index >= 15 is 0 Å². The zero-order chi connectivity index (χ0) is 9.97. The van der Waals surface area contributed by atoms with Crippen LogP contribution in [0.25, 0.3) is 11.4 Å². The first-order valence-corrected chi connectivity index (χ1v) is 4.98. The van der Waals surface area contributed by atoms with E-state index < -0.39 is 10.3 Å². The Morgan fingerprint density at radius 1 is 1.00 bits per heavy atom. The Morgan fingerprint density at radius 3 is 2.43 bits per heavy atom. The second-order valence-electron chi connectivity index (χ2n) is 2.63. The molecular weight excluding hydrogens is 200 g/mol. The minimum atomic E-state index is -2.22. The smallest absolute Gasteiger partial charge is 0.221 e. The van der Waals surface area contributed by atoms with Gasteiger partial charge in [-0.05, 0) is 24.3 Å². The Labute approximate surface area is 81.8 Å². The molecule has 0 saturated carbocycles. The summed E-state index contributed by atoms with van der Waals surface area (Å²) in [5, 5.41) is 0. The molecule has 4 nitrogen and oxygen atoms in total. The van der Waals surface area contributed by atoms with E-state index in [9.17, 15) is 8.42 Å². The Balaban J connectivity index is 2.94. The fraction of sp³-hybridized carbons (Fsp3) is 0. The average molecular weight is 206 g/mol. The predicted octanol–water partition coefficient (Wildman–Crippen LogP) is 0.992. The second-order valence-corrected chi connectivity index (χ2v) is 3.57. The van der Waals surface area contributed by atoms with Crippen LogP contribution in [0.4, 0.5) is 0 Å². The highest BCUT2D eigenvalue weighted by atomic mass is 32.2. The number of aromatic nitrogens is 2. The van der Waals surface area contributed by atoms with E-state index in [0.717, 1.165) is 0 Å². The van der Waals surface area contributed by atoms with E-state index in [-0.39, 0.29) is 4.51 Å². The van der Waals surface area contributed by atoms with Crippen molar-refractivity contribution in [2.45, 2.75) is 0 Å². The van der Waals surface area contributed by atoms with Gasteiger partial charge in [0.2, 0.25) is 10.3 Å². The topological polar surface area (TPSA) is 59.9 Å². The number of hydrogen-bond donors (Lipinski definition) is 0. The predicted molar refractivity (Wildman–Crippen MR) is 50.8 cm³/mol. The summed E-state index contributed by atoms with van der Waals surface area (Å²) in [5.41, 5.74) is 1.24. The lowest BCUT2D eigenvalue weighted by molar-refractivity contribution is 0.625. The molecule has 0 radical (unpaired) electrons. The van der Waals surface area contributed by atoms with Crippen LogP contribution >= 0.6 is 0 Å². The van der Waals surface area contributed by atoms with Crippen molar-refractivity contribution in [3.63, 3.8) is 0 Å². The van der Waals surface area contributed by atoms with Crippen molar-refractivity contribution in [3.05, 3.63) is 41.2 Å². The van der Waals surface area contributed by atoms with Crippen molar-refractivity contribution < 1.29 is 8.42 Å². The molecule has 0 N–H and O–H groups in total. The van der Waals surface area contributed by atoms with E-state index in [1.807, 2.05) is 0 Å². The lowest BCUT2D eigenvalue weighted by Crippen LogP contribution is -1.83. The maximum atomic E-state index is 10.7. The molecule has 0 aromatic rings. The van der Waals surface area contributed by atoms with E-state index in [0.29, 0.717) is 11.4 Å². The molecule has 0 atom stereocenters. The van der Waals surface area contributed by atoms with Crippen LogP contribution in [0, 0.1) is 4.51 Å². The normalized spacial score (nSPS) is 10.0. The van der Waals surface area contributed by atoms with Crippen LogP contribution in [0.1, 0.15) is 0 Å². The summed E-state index contributed by atoms with van der Waals surface area (Å²) in [4.78, 5) is 8.13. The summed E-state index contributed by atoms with van der Waals surface area (Å²) in [6.07, 6.45) is 3.19. The van der Waals surface area contributed by atoms with E-state index in [2.05, 4.69) is 9.97 Å². The molecule has 14 heavy (non-hydrogen) atoms. The highest BCUT2D eigenvalue weighted by Crippen LogP contribution is 2.13. The molecule has 0 unspecified atom stereocenters. The minimum Gasteiger partial charge on any atom is -0.255 e. The van der Waals surface area contributed by atoms with E-state index in [1.165, 1.54) is 12.1 Å². The first kappa shape index (κ1) is 8.83. The van der Waals surface area contributed by atoms with Gasteiger partial charge in [0.1, 0.15) is 0 Å². The number of benzene rings is 1. The van der Waals surface area contributed by atoms with Crippen LogP contribution in [0.3, 0.4) is 0 Å². The van der Waals surface area contributed by atoms with Gasteiger partial charge in [-0.1, -0.05) is 0 Å². The van der Waals surface area contributed by atoms with Gasteiger partial charge >= 0.3 is 0 Å². The summed E-state index contributed by atoms with van der Waals surface area (Å²) in [7, 11) is -2.22. The Kier molecular flexibility index (Phi) is 2.24. The fourth-order valence-electron chi connectivity index (χ4n) is 1.10. The van der Waals surface area contributed by atoms with Gasteiger partial charge in [0.15, 0.2) is 0 Å². The van der Waals surface area contributed by atoms with Gasteiger partial charge in [0.05, 0.1) is 15.9 Å². The molecule has 70 valence electrons. The van der Waals surface area contributed by atoms with Crippen molar-refractivity contribution in [1.82, 2.24) is 9.97 Å². The Morgan fingerprint density at radius 2 is 1.71 bits per heavy atom. The average Bonchev–Trinajstić information content (AvgIpc) is 2.41. The molecule has 0 aromatic heterocycles. The maximum Gasteiger partial charge on any atom is 0.221 e. The third-order valence-electron chi connectivity index (χ3n) is 1.74. The highest BCUT2D eigenvalue weighted by Gasteiger charge is 2.00. The van der Waals surface area contributed by atoms with Crippen molar-refractivity contribution >= 4 is 10.3 Å². The van der Waals surface area contributed by atoms with Crippen LogP contribution < -0.4 is 0 Å². The third kappa shape index (κ3) is 1.62. The summed E-state index contributed by atoms with van der Waals surface area (Å²) in [5.74, 6) is 0. The number of rotatable bonds is 0. The van der Waals surface area contributed by atoms with Crippen LogP contribution in [-0.4, -0.2) is 18.4 Å². The van der Waals surface area contributed by atoms with Gasteiger partial charge in [-0.3, -0.25) is 9.97 Å². The Hall–Kier alpha value is -1.75. The molecule has 0 aromatic carbocycles. The maximum absolute atomic E-state index is 10.7. The molecule has 2 rings (SSSR count). The Bertz CT molecular complexity index is 599. The molecule has 1 heterocycles. The van der Waals surface area contributed by atoms with Crippen LogP contribution in [0.15, 0.2) is 36.7 Å². The molecular formula is C9H6N2O2S. The van der Waals surface area contributed by atoms with Gasteiger partial charge in [0.25, 0.3) is 0 Å². The molecule has 0 spiro atoms. The highest BCUT2D eigenvalue weighted by molar-refractivity contribution is 7.63. The molecule has 1 aliphatic heterocycles. The van der Waals surface area contributed by atoms with Crippen molar-refractivity contribution in [2.24, 2.45) is 0 Å². The lowest BCUT2D eigenvalue weighted by Gasteiger charge is -1.94. The minimum absolute atomic E-state index is 0.220. The van der Waals surface area contributed by atoms with Crippen molar-refractivity contribution in [2.75, 3.05) is 0 Å². The SMILES string of the molecule is O=S(=O)=c1ccc2ncccnc-2c1. The molecule has 0 amide bonds. The summed E-state index contributed by atoms with van der Waals surface area (Å²) in [6.45, 7) is 0. The summed E-state index contributed by atoms with van der Waals surface area (Å²) in [6, 6.07) is 6.31. The van der Waals surface area contributed by atoms with Crippen molar-refractivity contribution in [1.29, 1.82) is 0 Å². The van der Waals surface area contributed by atoms with Crippen LogP contribution in [-0.2, 0) is 10.3 Å². The van der Waals surface area contributed by atoms with Crippen LogP contribution in [0.2, 0.25) is 0 Å². The van der Waals surface area contributed by atoms with Crippen LogP contribution in [0.5, 0.6) is 0 Å². The van der Waals surface area contributed by atoms with Gasteiger partial charge in [-0.25, -0.2) is 0 Å². The number of fused-ring (bicyclic) bond motifs is 1. The summed E-state index contributed by atoms with van der Waals surface area (Å²) >= 11 is 0. The third-order valence-corrected chi connectivity index (χ3v) is 2.38. The van der Waals surface area contributed by atoms with Gasteiger partial charge in [-0.2, -0.15) is 8.42 Å². The lowest BCUT2D eigenvalue weighted by atomic mass is 10.2.